The van der Waals surface area contributed by atoms with Crippen molar-refractivity contribution < 1.29 is 44.3 Å². The zero-order valence-corrected chi connectivity index (χ0v) is 24.1. The number of allylic oxidation sites excluding steroid dienone is 3. The van der Waals surface area contributed by atoms with Gasteiger partial charge in [0.2, 0.25) is 11.6 Å². The highest BCUT2D eigenvalue weighted by atomic mass is 16.5. The second kappa shape index (κ2) is 7.54. The first kappa shape index (κ1) is 27.0. The van der Waals surface area contributed by atoms with Crippen LogP contribution in [0.5, 0.6) is 17.2 Å². The largest absolute Gasteiger partial charge is 0.511 e. The minimum absolute atomic E-state index is 0.1000. The molecule has 1 unspecified atom stereocenters. The number of phenols is 1. The van der Waals surface area contributed by atoms with Crippen molar-refractivity contribution in [3.05, 3.63) is 51.3 Å². The number of aliphatic hydroxyl groups excluding tert-OH is 1. The maximum atomic E-state index is 14.5. The summed E-state index contributed by atoms with van der Waals surface area (Å²) in [4.78, 5) is 40.3. The third-order valence-corrected chi connectivity index (χ3v) is 11.4. The topological polar surface area (TPSA) is 177 Å². The van der Waals surface area contributed by atoms with E-state index < -0.39 is 57.3 Å². The van der Waals surface area contributed by atoms with E-state index in [4.69, 9.17) is 15.2 Å². The van der Waals surface area contributed by atoms with E-state index in [9.17, 15) is 34.8 Å². The van der Waals surface area contributed by atoms with E-state index in [0.717, 1.165) is 24.0 Å². The van der Waals surface area contributed by atoms with E-state index in [1.807, 2.05) is 0 Å². The van der Waals surface area contributed by atoms with Crippen molar-refractivity contribution in [3.8, 4) is 17.2 Å². The fourth-order valence-electron chi connectivity index (χ4n) is 9.31. The Morgan fingerprint density at radius 3 is 2.29 bits per heavy atom. The number of hydrogen-bond acceptors (Lipinski definition) is 9. The zero-order chi connectivity index (χ0) is 30.5. The number of ether oxygens (including phenoxy) is 2. The van der Waals surface area contributed by atoms with Gasteiger partial charge in [-0.1, -0.05) is 25.5 Å². The normalized spacial score (nSPS) is 33.7. The number of rotatable bonds is 3. The second-order valence-electron chi connectivity index (χ2n) is 13.2. The van der Waals surface area contributed by atoms with Crippen LogP contribution in [-0.4, -0.2) is 57.7 Å². The molecule has 2 aromatic carbocycles. The second-order valence-corrected chi connectivity index (χ2v) is 13.2. The van der Waals surface area contributed by atoms with E-state index >= 15 is 0 Å². The summed E-state index contributed by atoms with van der Waals surface area (Å²) in [6.07, 6.45) is 3.53. The number of benzene rings is 2. The lowest BCUT2D eigenvalue weighted by Crippen LogP contribution is -2.63. The number of fused-ring (bicyclic) bond motifs is 4. The first-order chi connectivity index (χ1) is 19.6. The number of primary amides is 1. The molecule has 2 spiro atoms. The summed E-state index contributed by atoms with van der Waals surface area (Å²) in [6.45, 7) is 6.39. The molecule has 10 nitrogen and oxygen atoms in total. The van der Waals surface area contributed by atoms with Crippen LogP contribution in [0.4, 0.5) is 0 Å². The molecule has 0 heterocycles. The molecule has 0 aliphatic heterocycles. The van der Waals surface area contributed by atoms with Crippen LogP contribution in [0.2, 0.25) is 0 Å². The SMILES string of the molecule is COc1cc(O)c2c(OC)c3c(c4c2c1[C@]1(C4)C(C)=CCCC1(C)C)C1(O)C[C@@]12CC(O)=C(C(N)=O)C(=O)[C@@]2(O)C3=O. The van der Waals surface area contributed by atoms with Crippen LogP contribution in [0.3, 0.4) is 0 Å². The van der Waals surface area contributed by atoms with Crippen LogP contribution in [0.25, 0.3) is 10.8 Å². The zero-order valence-electron chi connectivity index (χ0n) is 24.1. The fourth-order valence-corrected chi connectivity index (χ4v) is 9.31. The monoisotopic (exact) mass is 575 g/mol. The third-order valence-electron chi connectivity index (χ3n) is 11.4. The Bertz CT molecular complexity index is 1800. The molecule has 4 atom stereocenters. The fraction of sp³-hybridized carbons (Fsp3) is 0.469. The Kier molecular flexibility index (Phi) is 4.84. The number of Topliss-reactive ketones (excluding diaryl/α,β-unsaturated/α-hetero) is 2. The van der Waals surface area contributed by atoms with Gasteiger partial charge in [0.25, 0.3) is 5.91 Å². The number of nitrogens with two attached hydrogens (primary N) is 1. The van der Waals surface area contributed by atoms with Crippen molar-refractivity contribution in [1.82, 2.24) is 0 Å². The predicted molar refractivity (Wildman–Crippen MR) is 150 cm³/mol. The summed E-state index contributed by atoms with van der Waals surface area (Å²) in [5.41, 5.74) is -0.603. The van der Waals surface area contributed by atoms with Crippen LogP contribution in [0.1, 0.15) is 73.5 Å². The number of carbonyl (C=O) groups excluding carboxylic acids is 3. The molecule has 0 saturated heterocycles. The van der Waals surface area contributed by atoms with Gasteiger partial charge in [-0.15, -0.1) is 0 Å². The van der Waals surface area contributed by atoms with Gasteiger partial charge in [0, 0.05) is 34.4 Å². The highest BCUT2D eigenvalue weighted by Crippen LogP contribution is 2.78. The summed E-state index contributed by atoms with van der Waals surface area (Å²) < 4.78 is 11.7. The highest BCUT2D eigenvalue weighted by Gasteiger charge is 2.86. The van der Waals surface area contributed by atoms with Crippen molar-refractivity contribution in [3.63, 3.8) is 0 Å². The average molecular weight is 576 g/mol. The molecule has 0 bridgehead atoms. The smallest absolute Gasteiger partial charge is 0.255 e. The van der Waals surface area contributed by atoms with Gasteiger partial charge in [0.1, 0.15) is 34.2 Å². The summed E-state index contributed by atoms with van der Waals surface area (Å²) in [5.74, 6) is -4.26. The number of phenolic OH excluding ortho intramolecular Hbond substituents is 1. The molecule has 1 saturated carbocycles. The molecule has 5 aliphatic rings. The molecule has 220 valence electrons. The van der Waals surface area contributed by atoms with Gasteiger partial charge in [-0.05, 0) is 43.6 Å². The summed E-state index contributed by atoms with van der Waals surface area (Å²) in [7, 11) is 2.83. The molecule has 0 radical (unpaired) electrons. The molecule has 1 amide bonds. The first-order valence-electron chi connectivity index (χ1n) is 14.0. The Morgan fingerprint density at radius 2 is 1.69 bits per heavy atom. The Balaban J connectivity index is 1.65. The van der Waals surface area contributed by atoms with Crippen LogP contribution in [0.15, 0.2) is 29.0 Å². The molecule has 0 aromatic heterocycles. The lowest BCUT2D eigenvalue weighted by atomic mass is 9.54. The Morgan fingerprint density at radius 1 is 1.00 bits per heavy atom. The van der Waals surface area contributed by atoms with Crippen molar-refractivity contribution in [1.29, 1.82) is 0 Å². The minimum Gasteiger partial charge on any atom is -0.511 e. The summed E-state index contributed by atoms with van der Waals surface area (Å²) in [6, 6.07) is 1.48. The van der Waals surface area contributed by atoms with E-state index in [2.05, 4.69) is 26.8 Å². The molecule has 1 fully saturated rings. The van der Waals surface area contributed by atoms with Crippen LogP contribution >= 0.6 is 0 Å². The standard InChI is InChI=1S/C32H33NO9/c1-13-7-6-8-28(2,3)30(13)10-14-18-19(15(34)9-17(41-4)23(18)30)24(42-5)21-22(14)31(39)12-29(31)11-16(35)20(27(33)38)25(36)32(29,40)26(21)37/h7,9,34-35,39-40H,6,8,10-12H2,1-5H3,(H2,33,38)/t29-,30-,31?,32+/m0/s1. The number of aromatic hydroxyl groups is 1. The van der Waals surface area contributed by atoms with Crippen molar-refractivity contribution in [2.45, 2.75) is 69.5 Å². The van der Waals surface area contributed by atoms with Crippen molar-refractivity contribution >= 4 is 28.2 Å². The highest BCUT2D eigenvalue weighted by molar-refractivity contribution is 6.34. The van der Waals surface area contributed by atoms with Crippen LogP contribution in [0, 0.1) is 10.8 Å². The maximum absolute atomic E-state index is 14.5. The van der Waals surface area contributed by atoms with Crippen molar-refractivity contribution in [2.75, 3.05) is 14.2 Å². The van der Waals surface area contributed by atoms with E-state index in [1.54, 1.807) is 0 Å². The van der Waals surface area contributed by atoms with E-state index in [0.29, 0.717) is 23.1 Å². The average Bonchev–Trinajstić information content (AvgIpc) is 3.36. The molecule has 7 rings (SSSR count). The summed E-state index contributed by atoms with van der Waals surface area (Å²) in [5, 5.41) is 47.4. The first-order valence-corrected chi connectivity index (χ1v) is 14.0. The molecule has 42 heavy (non-hydrogen) atoms. The summed E-state index contributed by atoms with van der Waals surface area (Å²) >= 11 is 0. The van der Waals surface area contributed by atoms with E-state index in [-0.39, 0.29) is 39.8 Å². The molecular weight excluding hydrogens is 542 g/mol. The number of aliphatic hydroxyl groups is 3. The Hall–Kier alpha value is -3.89. The molecule has 6 N–H and O–H groups in total. The van der Waals surface area contributed by atoms with Crippen LogP contribution < -0.4 is 15.2 Å². The lowest BCUT2D eigenvalue weighted by molar-refractivity contribution is -0.144. The van der Waals surface area contributed by atoms with Gasteiger partial charge >= 0.3 is 0 Å². The molecular formula is C32H33NO9. The van der Waals surface area contributed by atoms with Gasteiger partial charge in [0.05, 0.1) is 30.6 Å². The van der Waals surface area contributed by atoms with Crippen molar-refractivity contribution in [2.24, 2.45) is 16.6 Å². The van der Waals surface area contributed by atoms with Gasteiger partial charge in [-0.2, -0.15) is 0 Å². The number of amides is 1. The van der Waals surface area contributed by atoms with Crippen LogP contribution in [-0.2, 0) is 27.0 Å². The lowest BCUT2D eigenvalue weighted by Gasteiger charge is -2.49. The predicted octanol–water partition coefficient (Wildman–Crippen LogP) is 2.90. The molecule has 10 heteroatoms. The number of methoxy groups -OCH3 is 2. The van der Waals surface area contributed by atoms with E-state index in [1.165, 1.54) is 20.3 Å². The third kappa shape index (κ3) is 2.47. The number of hydrogen-bond donors (Lipinski definition) is 5. The number of carbonyl (C=O) groups is 3. The van der Waals surface area contributed by atoms with Gasteiger partial charge < -0.3 is 35.6 Å². The Labute approximate surface area is 241 Å². The van der Waals surface area contributed by atoms with Gasteiger partial charge in [-0.25, -0.2) is 0 Å². The minimum atomic E-state index is -2.89. The maximum Gasteiger partial charge on any atom is 0.255 e. The number of ketones is 2. The van der Waals surface area contributed by atoms with Gasteiger partial charge in [-0.3, -0.25) is 14.4 Å². The quantitative estimate of drug-likeness (QED) is 0.209. The molecule has 2 aromatic rings. The van der Waals surface area contributed by atoms with Gasteiger partial charge in [0.15, 0.2) is 5.60 Å². The molecule has 5 aliphatic carbocycles.